The van der Waals surface area contributed by atoms with Gasteiger partial charge in [-0.25, -0.2) is 14.1 Å². The summed E-state index contributed by atoms with van der Waals surface area (Å²) in [5, 5.41) is 2.41. The fourth-order valence-electron chi connectivity index (χ4n) is 3.26. The zero-order valence-electron chi connectivity index (χ0n) is 12.1. The van der Waals surface area contributed by atoms with Gasteiger partial charge in [0.2, 0.25) is 0 Å². The second-order valence-corrected chi connectivity index (χ2v) is 6.41. The Kier molecular flexibility index (Phi) is 4.02. The molecule has 0 spiro atoms. The number of rotatable bonds is 2. The Hall–Kier alpha value is -1.00. The fourth-order valence-corrected chi connectivity index (χ4v) is 3.59. The van der Waals surface area contributed by atoms with Gasteiger partial charge in [-0.05, 0) is 39.2 Å². The van der Waals surface area contributed by atoms with Crippen molar-refractivity contribution < 1.29 is 4.39 Å². The molecule has 114 valence electrons. The van der Waals surface area contributed by atoms with E-state index in [1.54, 1.807) is 6.07 Å². The van der Waals surface area contributed by atoms with Gasteiger partial charge in [-0.1, -0.05) is 11.6 Å². The lowest BCUT2D eigenvalue weighted by molar-refractivity contribution is 0.337. The second-order valence-electron chi connectivity index (χ2n) is 5.74. The number of aromatic nitrogens is 2. The monoisotopic (exact) mass is 329 g/mol. The smallest absolute Gasteiger partial charge is 0.144 e. The van der Waals surface area contributed by atoms with Crippen molar-refractivity contribution in [3.63, 3.8) is 0 Å². The minimum atomic E-state index is -0.449. The number of hydrogen-bond acceptors (Lipinski definition) is 2. The first-order valence-electron chi connectivity index (χ1n) is 7.24. The van der Waals surface area contributed by atoms with Crippen LogP contribution in [0, 0.1) is 5.82 Å². The first-order chi connectivity index (χ1) is 10.0. The zero-order valence-corrected chi connectivity index (χ0v) is 13.6. The maximum Gasteiger partial charge on any atom is 0.144 e. The van der Waals surface area contributed by atoms with E-state index in [9.17, 15) is 4.39 Å². The molecule has 2 unspecified atom stereocenters. The second kappa shape index (κ2) is 5.65. The summed E-state index contributed by atoms with van der Waals surface area (Å²) < 4.78 is 15.7. The highest BCUT2D eigenvalue weighted by molar-refractivity contribution is 6.31. The maximum atomic E-state index is 13.7. The third-order valence-corrected chi connectivity index (χ3v) is 4.77. The van der Waals surface area contributed by atoms with E-state index < -0.39 is 5.82 Å². The molecule has 0 aliphatic carbocycles. The molecule has 1 saturated heterocycles. The average Bonchev–Trinajstić information content (AvgIpc) is 2.77. The van der Waals surface area contributed by atoms with E-state index in [0.29, 0.717) is 17.6 Å². The molecule has 0 radical (unpaired) electrons. The summed E-state index contributed by atoms with van der Waals surface area (Å²) in [5.74, 6) is 0.563. The maximum absolute atomic E-state index is 13.7. The highest BCUT2D eigenvalue weighted by Crippen LogP contribution is 2.29. The van der Waals surface area contributed by atoms with Crippen molar-refractivity contribution >= 4 is 34.2 Å². The Labute approximate surface area is 133 Å². The Morgan fingerprint density at radius 3 is 2.57 bits per heavy atom. The van der Waals surface area contributed by atoms with E-state index in [1.807, 2.05) is 4.68 Å². The van der Waals surface area contributed by atoms with Gasteiger partial charge in [0.15, 0.2) is 0 Å². The summed E-state index contributed by atoms with van der Waals surface area (Å²) in [6, 6.07) is 3.79. The van der Waals surface area contributed by atoms with Crippen molar-refractivity contribution in [2.45, 2.75) is 51.1 Å². The van der Waals surface area contributed by atoms with Crippen LogP contribution in [0.3, 0.4) is 0 Å². The van der Waals surface area contributed by atoms with Crippen LogP contribution in [0.4, 0.5) is 4.39 Å². The largest absolute Gasteiger partial charge is 0.305 e. The average molecular weight is 330 g/mol. The topological polar surface area (TPSA) is 21.1 Å². The molecule has 6 heteroatoms. The highest BCUT2D eigenvalue weighted by Gasteiger charge is 2.28. The lowest BCUT2D eigenvalue weighted by Crippen LogP contribution is -2.51. The number of imidazole rings is 1. The molecule has 1 aliphatic rings. The molecule has 1 aromatic carbocycles. The van der Waals surface area contributed by atoms with Gasteiger partial charge in [-0.2, -0.15) is 0 Å². The summed E-state index contributed by atoms with van der Waals surface area (Å²) in [7, 11) is 0. The predicted molar refractivity (Wildman–Crippen MR) is 85.3 cm³/mol. The Morgan fingerprint density at radius 2 is 1.95 bits per heavy atom. The molecule has 2 atom stereocenters. The van der Waals surface area contributed by atoms with Crippen molar-refractivity contribution in [2.24, 2.45) is 0 Å². The molecule has 1 aromatic heterocycles. The van der Waals surface area contributed by atoms with E-state index in [1.165, 1.54) is 12.5 Å². The lowest BCUT2D eigenvalue weighted by atomic mass is 10.00. The van der Waals surface area contributed by atoms with Crippen molar-refractivity contribution in [3.05, 3.63) is 28.8 Å². The van der Waals surface area contributed by atoms with E-state index in [4.69, 9.17) is 23.2 Å². The molecule has 0 N–H and O–H groups in total. The number of benzene rings is 1. The quantitative estimate of drug-likeness (QED) is 0.758. The van der Waals surface area contributed by atoms with Gasteiger partial charge in [-0.15, -0.1) is 11.6 Å². The van der Waals surface area contributed by atoms with Gasteiger partial charge in [0.25, 0.3) is 0 Å². The van der Waals surface area contributed by atoms with Crippen molar-refractivity contribution in [2.75, 3.05) is 5.01 Å². The van der Waals surface area contributed by atoms with Gasteiger partial charge in [0.05, 0.1) is 21.9 Å². The summed E-state index contributed by atoms with van der Waals surface area (Å²) in [6.45, 7) is 4.40. The fraction of sp³-hybridized carbons (Fsp3) is 0.533. The molecule has 3 nitrogen and oxygen atoms in total. The molecule has 0 saturated carbocycles. The van der Waals surface area contributed by atoms with Crippen LogP contribution in [0.15, 0.2) is 12.1 Å². The van der Waals surface area contributed by atoms with E-state index in [-0.39, 0.29) is 10.9 Å². The van der Waals surface area contributed by atoms with Crippen LogP contribution in [0.25, 0.3) is 11.0 Å². The van der Waals surface area contributed by atoms with Crippen LogP contribution in [-0.2, 0) is 5.88 Å². The van der Waals surface area contributed by atoms with Crippen LogP contribution < -0.4 is 5.01 Å². The van der Waals surface area contributed by atoms with Crippen molar-refractivity contribution in [1.29, 1.82) is 0 Å². The van der Waals surface area contributed by atoms with Crippen molar-refractivity contribution in [3.8, 4) is 0 Å². The van der Waals surface area contributed by atoms with Crippen molar-refractivity contribution in [1.82, 2.24) is 9.66 Å². The molecule has 0 bridgehead atoms. The van der Waals surface area contributed by atoms with Gasteiger partial charge >= 0.3 is 0 Å². The third-order valence-electron chi connectivity index (χ3n) is 4.24. The van der Waals surface area contributed by atoms with Crippen LogP contribution in [-0.4, -0.2) is 21.7 Å². The van der Waals surface area contributed by atoms with Crippen LogP contribution in [0.2, 0.25) is 5.02 Å². The van der Waals surface area contributed by atoms with Gasteiger partial charge < -0.3 is 5.01 Å². The minimum Gasteiger partial charge on any atom is -0.305 e. The molecule has 1 aliphatic heterocycles. The number of hydrogen-bond donors (Lipinski definition) is 0. The van der Waals surface area contributed by atoms with Crippen LogP contribution >= 0.6 is 23.2 Å². The standard InChI is InChI=1S/C15H18Cl2FN3/c1-9-4-3-5-10(2)20(9)21-14-6-11(17)12(18)7-13(14)19-15(21)8-16/h6-7,9-10H,3-5,8H2,1-2H3. The molecular weight excluding hydrogens is 312 g/mol. The molecule has 21 heavy (non-hydrogen) atoms. The van der Waals surface area contributed by atoms with Crippen LogP contribution in [0.1, 0.15) is 38.9 Å². The zero-order chi connectivity index (χ0) is 15.1. The number of piperidine rings is 1. The number of halogens is 3. The van der Waals surface area contributed by atoms with Gasteiger partial charge in [0.1, 0.15) is 11.6 Å². The normalized spacial score (nSPS) is 23.0. The van der Waals surface area contributed by atoms with Gasteiger partial charge in [0, 0.05) is 18.2 Å². The summed E-state index contributed by atoms with van der Waals surface area (Å²) in [5.41, 5.74) is 1.41. The summed E-state index contributed by atoms with van der Waals surface area (Å²) >= 11 is 12.0. The van der Waals surface area contributed by atoms with E-state index in [2.05, 4.69) is 23.8 Å². The summed E-state index contributed by atoms with van der Waals surface area (Å²) in [6.07, 6.45) is 3.47. The molecule has 3 rings (SSSR count). The Morgan fingerprint density at radius 1 is 1.29 bits per heavy atom. The first kappa shape index (κ1) is 14.9. The van der Waals surface area contributed by atoms with Gasteiger partial charge in [-0.3, -0.25) is 0 Å². The van der Waals surface area contributed by atoms with E-state index >= 15 is 0 Å². The SMILES string of the molecule is CC1CCCC(C)N1n1c(CCl)nc2cc(F)c(Cl)cc21. The molecule has 0 amide bonds. The minimum absolute atomic E-state index is 0.113. The Balaban J connectivity index is 2.22. The number of fused-ring (bicyclic) bond motifs is 1. The van der Waals surface area contributed by atoms with E-state index in [0.717, 1.165) is 24.2 Å². The highest BCUT2D eigenvalue weighted by atomic mass is 35.5. The number of nitrogens with zero attached hydrogens (tertiary/aromatic N) is 3. The molecular formula is C15H18Cl2FN3. The Bertz CT molecular complexity index is 660. The molecule has 2 heterocycles. The third kappa shape index (κ3) is 2.49. The number of alkyl halides is 1. The van der Waals surface area contributed by atoms with Crippen LogP contribution in [0.5, 0.6) is 0 Å². The lowest BCUT2D eigenvalue weighted by Gasteiger charge is -2.42. The predicted octanol–water partition coefficient (Wildman–Crippen LogP) is 4.47. The first-order valence-corrected chi connectivity index (χ1v) is 8.15. The molecule has 1 fully saturated rings. The molecule has 2 aromatic rings. The summed E-state index contributed by atoms with van der Waals surface area (Å²) in [4.78, 5) is 4.47.